The molecule has 0 aliphatic carbocycles. The summed E-state index contributed by atoms with van der Waals surface area (Å²) in [7, 11) is 0. The Balaban J connectivity index is 1.66. The average Bonchev–Trinajstić information content (AvgIpc) is 3.16. The molecule has 4 rings (SSSR count). The number of H-pyrrole nitrogens is 1. The van der Waals surface area contributed by atoms with E-state index in [0.29, 0.717) is 11.6 Å². The topological polar surface area (TPSA) is 62.1 Å². The van der Waals surface area contributed by atoms with E-state index in [1.165, 1.54) is 46.0 Å². The van der Waals surface area contributed by atoms with Gasteiger partial charge in [-0.15, -0.1) is 0 Å². The summed E-state index contributed by atoms with van der Waals surface area (Å²) in [6.45, 7) is 6.43. The monoisotopic (exact) mass is 361 g/mol. The van der Waals surface area contributed by atoms with Crippen molar-refractivity contribution in [2.24, 2.45) is 5.73 Å². The Morgan fingerprint density at radius 2 is 1.93 bits per heavy atom. The molecule has 1 amide bonds. The third-order valence-corrected chi connectivity index (χ3v) is 5.93. The van der Waals surface area contributed by atoms with Crippen LogP contribution in [0.2, 0.25) is 0 Å². The van der Waals surface area contributed by atoms with Crippen molar-refractivity contribution in [1.29, 1.82) is 0 Å². The number of nitrogens with two attached hydrogens (primary N) is 1. The molecular weight excluding hydrogens is 334 g/mol. The molecule has 1 aromatic heterocycles. The van der Waals surface area contributed by atoms with Crippen LogP contribution in [0.25, 0.3) is 10.9 Å². The molecule has 0 unspecified atom stereocenters. The van der Waals surface area contributed by atoms with E-state index in [1.54, 1.807) is 0 Å². The minimum Gasteiger partial charge on any atom is -0.366 e. The van der Waals surface area contributed by atoms with Gasteiger partial charge < -0.3 is 10.7 Å². The molecule has 0 bridgehead atoms. The summed E-state index contributed by atoms with van der Waals surface area (Å²) in [4.78, 5) is 17.3. The van der Waals surface area contributed by atoms with Crippen molar-refractivity contribution >= 4 is 16.8 Å². The predicted molar refractivity (Wildman–Crippen MR) is 110 cm³/mol. The van der Waals surface area contributed by atoms with E-state index in [4.69, 9.17) is 5.73 Å². The molecule has 1 aliphatic rings. The Morgan fingerprint density at radius 1 is 1.15 bits per heavy atom. The van der Waals surface area contributed by atoms with Crippen molar-refractivity contribution in [2.75, 3.05) is 6.54 Å². The number of likely N-dealkylation sites (tertiary alicyclic amines) is 1. The van der Waals surface area contributed by atoms with Crippen LogP contribution in [0, 0.1) is 13.8 Å². The highest BCUT2D eigenvalue weighted by atomic mass is 16.1. The fourth-order valence-electron chi connectivity index (χ4n) is 4.48. The molecule has 3 N–H and O–H groups in total. The van der Waals surface area contributed by atoms with E-state index in [2.05, 4.69) is 48.0 Å². The fraction of sp³-hybridized carbons (Fsp3) is 0.348. The van der Waals surface area contributed by atoms with Crippen LogP contribution in [-0.4, -0.2) is 22.3 Å². The maximum atomic E-state index is 11.4. The number of carbonyl (C=O) groups excluding carboxylic acids is 1. The summed E-state index contributed by atoms with van der Waals surface area (Å²) >= 11 is 0. The van der Waals surface area contributed by atoms with Gasteiger partial charge in [-0.3, -0.25) is 9.69 Å². The molecule has 2 aromatic carbocycles. The van der Waals surface area contributed by atoms with Crippen molar-refractivity contribution in [2.45, 2.75) is 45.7 Å². The largest absolute Gasteiger partial charge is 0.366 e. The van der Waals surface area contributed by atoms with Gasteiger partial charge in [0.2, 0.25) is 5.91 Å². The number of amides is 1. The molecule has 0 radical (unpaired) electrons. The summed E-state index contributed by atoms with van der Waals surface area (Å²) in [6, 6.07) is 12.7. The highest BCUT2D eigenvalue weighted by molar-refractivity contribution is 5.92. The van der Waals surface area contributed by atoms with E-state index >= 15 is 0 Å². The number of primary amides is 1. The number of carbonyl (C=O) groups is 1. The lowest BCUT2D eigenvalue weighted by molar-refractivity contribution is 0.1000. The summed E-state index contributed by atoms with van der Waals surface area (Å²) in [6.07, 6.45) is 5.66. The number of nitrogens with zero attached hydrogens (tertiary/aromatic N) is 1. The van der Waals surface area contributed by atoms with Gasteiger partial charge in [0.05, 0.1) is 0 Å². The summed E-state index contributed by atoms with van der Waals surface area (Å²) in [5, 5.41) is 1.33. The standard InChI is InChI=1S/C23H27N3O/c1-15-13-16(2)22-19(10-11-25-22)20(15)14-26-12-4-3-5-21(26)17-6-8-18(9-7-17)23(24)27/h6-11,13,21,25H,3-5,12,14H2,1-2H3,(H2,24,27)/t21-/m0/s1. The van der Waals surface area contributed by atoms with Crippen molar-refractivity contribution in [1.82, 2.24) is 9.88 Å². The molecule has 1 saturated heterocycles. The van der Waals surface area contributed by atoms with Crippen LogP contribution >= 0.6 is 0 Å². The Bertz CT molecular complexity index is 971. The van der Waals surface area contributed by atoms with Gasteiger partial charge in [0.25, 0.3) is 0 Å². The molecule has 3 aromatic rings. The second-order valence-corrected chi connectivity index (χ2v) is 7.72. The first-order valence-electron chi connectivity index (χ1n) is 9.74. The highest BCUT2D eigenvalue weighted by Gasteiger charge is 2.25. The van der Waals surface area contributed by atoms with Gasteiger partial charge in [0.15, 0.2) is 0 Å². The van der Waals surface area contributed by atoms with Crippen LogP contribution < -0.4 is 5.73 Å². The lowest BCUT2D eigenvalue weighted by Gasteiger charge is -2.36. The first-order valence-corrected chi connectivity index (χ1v) is 9.74. The van der Waals surface area contributed by atoms with Gasteiger partial charge in [0, 0.05) is 35.2 Å². The van der Waals surface area contributed by atoms with Crippen LogP contribution in [0.4, 0.5) is 0 Å². The third kappa shape index (κ3) is 3.37. The fourth-order valence-corrected chi connectivity index (χ4v) is 4.48. The first kappa shape index (κ1) is 17.8. The van der Waals surface area contributed by atoms with Crippen LogP contribution in [0.5, 0.6) is 0 Å². The Kier molecular flexibility index (Phi) is 4.75. The molecular formula is C23H27N3O. The number of aryl methyl sites for hydroxylation is 2. The Morgan fingerprint density at radius 3 is 2.67 bits per heavy atom. The molecule has 27 heavy (non-hydrogen) atoms. The lowest BCUT2D eigenvalue weighted by atomic mass is 9.92. The molecule has 1 atom stereocenters. The second kappa shape index (κ2) is 7.20. The number of hydrogen-bond acceptors (Lipinski definition) is 2. The zero-order valence-electron chi connectivity index (χ0n) is 16.1. The molecule has 140 valence electrons. The molecule has 2 heterocycles. The van der Waals surface area contributed by atoms with Gasteiger partial charge >= 0.3 is 0 Å². The van der Waals surface area contributed by atoms with Crippen molar-refractivity contribution in [3.63, 3.8) is 0 Å². The number of nitrogens with one attached hydrogen (secondary N) is 1. The van der Waals surface area contributed by atoms with Crippen molar-refractivity contribution in [3.8, 4) is 0 Å². The SMILES string of the molecule is Cc1cc(C)c2[nH]ccc2c1CN1CCCC[C@H]1c1ccc(C(N)=O)cc1. The van der Waals surface area contributed by atoms with Crippen molar-refractivity contribution in [3.05, 3.63) is 70.4 Å². The number of hydrogen-bond donors (Lipinski definition) is 2. The second-order valence-electron chi connectivity index (χ2n) is 7.72. The quantitative estimate of drug-likeness (QED) is 0.713. The van der Waals surface area contributed by atoms with Gasteiger partial charge in [0.1, 0.15) is 0 Å². The number of aromatic nitrogens is 1. The molecule has 1 aliphatic heterocycles. The van der Waals surface area contributed by atoms with Gasteiger partial charge in [-0.05, 0) is 73.7 Å². The molecule has 0 saturated carbocycles. The highest BCUT2D eigenvalue weighted by Crippen LogP contribution is 2.34. The van der Waals surface area contributed by atoms with E-state index in [-0.39, 0.29) is 5.91 Å². The van der Waals surface area contributed by atoms with Crippen molar-refractivity contribution < 1.29 is 4.79 Å². The number of rotatable bonds is 4. The molecule has 4 heteroatoms. The Labute approximate surface area is 160 Å². The maximum Gasteiger partial charge on any atom is 0.248 e. The summed E-state index contributed by atoms with van der Waals surface area (Å²) in [5.74, 6) is -0.368. The van der Waals surface area contributed by atoms with Gasteiger partial charge in [-0.25, -0.2) is 0 Å². The van der Waals surface area contributed by atoms with E-state index in [1.807, 2.05) is 18.3 Å². The van der Waals surface area contributed by atoms with Crippen LogP contribution in [0.3, 0.4) is 0 Å². The molecule has 0 spiro atoms. The normalized spacial score (nSPS) is 18.1. The van der Waals surface area contributed by atoms with Crippen LogP contribution in [-0.2, 0) is 6.54 Å². The van der Waals surface area contributed by atoms with Gasteiger partial charge in [-0.1, -0.05) is 24.6 Å². The first-order chi connectivity index (χ1) is 13.0. The number of piperidine rings is 1. The summed E-state index contributed by atoms with van der Waals surface area (Å²) in [5.41, 5.74) is 12.6. The minimum absolute atomic E-state index is 0.368. The van der Waals surface area contributed by atoms with E-state index < -0.39 is 0 Å². The maximum absolute atomic E-state index is 11.4. The van der Waals surface area contributed by atoms with Crippen LogP contribution in [0.1, 0.15) is 57.9 Å². The number of aromatic amines is 1. The number of fused-ring (bicyclic) bond motifs is 1. The third-order valence-electron chi connectivity index (χ3n) is 5.93. The van der Waals surface area contributed by atoms with E-state index in [0.717, 1.165) is 19.5 Å². The van der Waals surface area contributed by atoms with Gasteiger partial charge in [-0.2, -0.15) is 0 Å². The van der Waals surface area contributed by atoms with Crippen LogP contribution in [0.15, 0.2) is 42.6 Å². The average molecular weight is 361 g/mol. The lowest BCUT2D eigenvalue weighted by Crippen LogP contribution is -2.33. The Hall–Kier alpha value is -2.59. The minimum atomic E-state index is -0.368. The summed E-state index contributed by atoms with van der Waals surface area (Å²) < 4.78 is 0. The zero-order valence-corrected chi connectivity index (χ0v) is 16.1. The van der Waals surface area contributed by atoms with E-state index in [9.17, 15) is 4.79 Å². The zero-order chi connectivity index (χ0) is 19.0. The molecule has 1 fully saturated rings. The predicted octanol–water partition coefficient (Wildman–Crippen LogP) is 4.61. The number of benzene rings is 2. The molecule has 4 nitrogen and oxygen atoms in total. The smallest absolute Gasteiger partial charge is 0.248 e.